The van der Waals surface area contributed by atoms with E-state index in [4.69, 9.17) is 4.74 Å². The van der Waals surface area contributed by atoms with Gasteiger partial charge in [0.05, 0.1) is 23.6 Å². The summed E-state index contributed by atoms with van der Waals surface area (Å²) in [5, 5.41) is 0. The number of hydrogen-bond acceptors (Lipinski definition) is 5. The van der Waals surface area contributed by atoms with Crippen molar-refractivity contribution in [3.05, 3.63) is 54.1 Å². The van der Waals surface area contributed by atoms with Crippen LogP contribution in [-0.2, 0) is 19.6 Å². The normalized spacial score (nSPS) is 17.5. The fourth-order valence-corrected chi connectivity index (χ4v) is 5.68. The molecule has 2 aromatic rings. The first-order chi connectivity index (χ1) is 14.5. The Balaban J connectivity index is 1.99. The predicted octanol–water partition coefficient (Wildman–Crippen LogP) is 3.52. The minimum atomic E-state index is -4.02. The van der Waals surface area contributed by atoms with E-state index in [1.54, 1.807) is 57.2 Å². The summed E-state index contributed by atoms with van der Waals surface area (Å²) in [5.74, 6) is -0.368. The second-order valence-electron chi connectivity index (χ2n) is 8.50. The third-order valence-corrected chi connectivity index (χ3v) is 7.24. The van der Waals surface area contributed by atoms with Gasteiger partial charge < -0.3 is 4.74 Å². The molecule has 1 unspecified atom stereocenters. The zero-order valence-electron chi connectivity index (χ0n) is 18.5. The first-order valence-corrected chi connectivity index (χ1v) is 11.6. The molecule has 1 saturated heterocycles. The minimum Gasteiger partial charge on any atom is -0.494 e. The molecule has 31 heavy (non-hydrogen) atoms. The lowest BCUT2D eigenvalue weighted by atomic mass is 10.1. The first kappa shape index (κ1) is 23.0. The topological polar surface area (TPSA) is 84.0 Å². The van der Waals surface area contributed by atoms with E-state index in [-0.39, 0.29) is 11.3 Å². The van der Waals surface area contributed by atoms with E-state index in [1.165, 1.54) is 16.4 Å². The van der Waals surface area contributed by atoms with Crippen molar-refractivity contribution in [3.63, 3.8) is 0 Å². The molecule has 1 aliphatic heterocycles. The van der Waals surface area contributed by atoms with E-state index in [1.807, 2.05) is 13.8 Å². The third-order valence-electron chi connectivity index (χ3n) is 5.05. The average Bonchev–Trinajstić information content (AvgIpc) is 2.95. The molecular formula is C23H28N2O5S. The number of rotatable bonds is 6. The summed E-state index contributed by atoms with van der Waals surface area (Å²) in [5.41, 5.74) is 0.400. The Bertz CT molecular complexity index is 1070. The number of nitrogens with zero attached hydrogens (tertiary/aromatic N) is 2. The quantitative estimate of drug-likeness (QED) is 0.637. The molecular weight excluding hydrogens is 416 g/mol. The Morgan fingerprint density at radius 1 is 1.03 bits per heavy atom. The zero-order valence-corrected chi connectivity index (χ0v) is 19.3. The molecule has 3 rings (SSSR count). The molecule has 1 aliphatic rings. The maximum absolute atomic E-state index is 13.5. The summed E-state index contributed by atoms with van der Waals surface area (Å²) in [6.07, 6.45) is -0.214. The number of hydrogen-bond donors (Lipinski definition) is 0. The van der Waals surface area contributed by atoms with Crippen molar-refractivity contribution < 1.29 is 22.7 Å². The highest BCUT2D eigenvalue weighted by Gasteiger charge is 2.50. The van der Waals surface area contributed by atoms with Crippen LogP contribution in [0, 0.1) is 6.92 Å². The van der Waals surface area contributed by atoms with E-state index in [2.05, 4.69) is 0 Å². The van der Waals surface area contributed by atoms with Crippen LogP contribution in [0.2, 0.25) is 0 Å². The molecule has 166 valence electrons. The molecule has 0 saturated carbocycles. The molecule has 0 bridgehead atoms. The highest BCUT2D eigenvalue weighted by molar-refractivity contribution is 7.89. The summed E-state index contributed by atoms with van der Waals surface area (Å²) in [6.45, 7) is 9.38. The van der Waals surface area contributed by atoms with Crippen LogP contribution in [0.5, 0.6) is 5.75 Å². The van der Waals surface area contributed by atoms with Crippen molar-refractivity contribution in [2.24, 2.45) is 0 Å². The van der Waals surface area contributed by atoms with E-state index in [0.717, 1.165) is 10.5 Å². The van der Waals surface area contributed by atoms with Crippen molar-refractivity contribution in [2.45, 2.75) is 57.5 Å². The van der Waals surface area contributed by atoms with Gasteiger partial charge in [0.25, 0.3) is 5.91 Å². The van der Waals surface area contributed by atoms with Crippen molar-refractivity contribution in [1.29, 1.82) is 0 Å². The molecule has 1 fully saturated rings. The van der Waals surface area contributed by atoms with Crippen molar-refractivity contribution in [1.82, 2.24) is 4.31 Å². The molecule has 1 atom stereocenters. The second-order valence-corrected chi connectivity index (χ2v) is 10.3. The molecule has 0 aromatic heterocycles. The van der Waals surface area contributed by atoms with E-state index in [9.17, 15) is 18.0 Å². The van der Waals surface area contributed by atoms with E-state index >= 15 is 0 Å². The van der Waals surface area contributed by atoms with Crippen LogP contribution in [0.1, 0.15) is 39.7 Å². The van der Waals surface area contributed by atoms with E-state index < -0.39 is 33.4 Å². The minimum absolute atomic E-state index is 0.0905. The van der Waals surface area contributed by atoms with Crippen LogP contribution < -0.4 is 9.64 Å². The largest absolute Gasteiger partial charge is 0.494 e. The number of anilines is 1. The number of sulfonamides is 1. The van der Waals surface area contributed by atoms with Crippen LogP contribution in [0.25, 0.3) is 0 Å². The fraction of sp³-hybridized carbons (Fsp3) is 0.391. The molecule has 0 radical (unpaired) electrons. The van der Waals surface area contributed by atoms with Crippen LogP contribution in [0.15, 0.2) is 53.4 Å². The lowest BCUT2D eigenvalue weighted by Gasteiger charge is -2.37. The first-order valence-electron chi connectivity index (χ1n) is 10.2. The van der Waals surface area contributed by atoms with Gasteiger partial charge in [0.15, 0.2) is 0 Å². The van der Waals surface area contributed by atoms with Gasteiger partial charge in [-0.1, -0.05) is 17.7 Å². The smallest absolute Gasteiger partial charge is 0.252 e. The van der Waals surface area contributed by atoms with Gasteiger partial charge in [-0.05, 0) is 71.0 Å². The molecule has 0 N–H and O–H groups in total. The van der Waals surface area contributed by atoms with Gasteiger partial charge in [0.2, 0.25) is 15.9 Å². The predicted molar refractivity (Wildman–Crippen MR) is 118 cm³/mol. The maximum Gasteiger partial charge on any atom is 0.252 e. The van der Waals surface area contributed by atoms with Gasteiger partial charge in [-0.15, -0.1) is 0 Å². The van der Waals surface area contributed by atoms with Crippen molar-refractivity contribution >= 4 is 27.5 Å². The number of carbonyl (C=O) groups excluding carboxylic acids is 2. The van der Waals surface area contributed by atoms with Gasteiger partial charge in [0, 0.05) is 5.54 Å². The lowest BCUT2D eigenvalue weighted by Crippen LogP contribution is -2.54. The number of ether oxygens (including phenoxy) is 1. The molecule has 2 aromatic carbocycles. The van der Waals surface area contributed by atoms with Gasteiger partial charge in [-0.3, -0.25) is 9.59 Å². The van der Waals surface area contributed by atoms with Gasteiger partial charge in [-0.25, -0.2) is 13.3 Å². The number of benzene rings is 2. The standard InChI is InChI=1S/C23H28N2O5S/c1-6-30-18-11-9-17(10-12-18)24-21(26)15-20(22(24)27)25(23(3,4)5)31(28,29)19-13-7-16(2)8-14-19/h7-14,20H,6,15H2,1-5H3. The molecule has 0 spiro atoms. The maximum atomic E-state index is 13.5. The highest BCUT2D eigenvalue weighted by atomic mass is 32.2. The van der Waals surface area contributed by atoms with Crippen LogP contribution in [0.4, 0.5) is 5.69 Å². The molecule has 0 aliphatic carbocycles. The number of carbonyl (C=O) groups is 2. The average molecular weight is 445 g/mol. The fourth-order valence-electron chi connectivity index (χ4n) is 3.75. The highest BCUT2D eigenvalue weighted by Crippen LogP contribution is 2.34. The summed E-state index contributed by atoms with van der Waals surface area (Å²) < 4.78 is 33.6. The summed E-state index contributed by atoms with van der Waals surface area (Å²) in [7, 11) is -4.02. The second kappa shape index (κ2) is 8.43. The number of aryl methyl sites for hydroxylation is 1. The van der Waals surface area contributed by atoms with Crippen LogP contribution in [-0.4, -0.2) is 42.7 Å². The zero-order chi connectivity index (χ0) is 23.0. The Morgan fingerprint density at radius 3 is 2.13 bits per heavy atom. The van der Waals surface area contributed by atoms with Gasteiger partial charge in [-0.2, -0.15) is 4.31 Å². The summed E-state index contributed by atoms with van der Waals surface area (Å²) in [4.78, 5) is 27.3. The Labute approximate surface area is 183 Å². The lowest BCUT2D eigenvalue weighted by molar-refractivity contribution is -0.122. The number of imide groups is 1. The Morgan fingerprint density at radius 2 is 1.61 bits per heavy atom. The monoisotopic (exact) mass is 444 g/mol. The summed E-state index contributed by atoms with van der Waals surface area (Å²) in [6, 6.07) is 11.9. The van der Waals surface area contributed by atoms with Crippen LogP contribution in [0.3, 0.4) is 0 Å². The van der Waals surface area contributed by atoms with Crippen LogP contribution >= 0.6 is 0 Å². The Kier molecular flexibility index (Phi) is 6.25. The SMILES string of the molecule is CCOc1ccc(N2C(=O)CC(N(C(C)(C)C)S(=O)(=O)c3ccc(C)cc3)C2=O)cc1. The third kappa shape index (κ3) is 4.50. The van der Waals surface area contributed by atoms with Gasteiger partial charge >= 0.3 is 0 Å². The van der Waals surface area contributed by atoms with Crippen molar-refractivity contribution in [2.75, 3.05) is 11.5 Å². The molecule has 7 nitrogen and oxygen atoms in total. The Hall–Kier alpha value is -2.71. The molecule has 8 heteroatoms. The van der Waals surface area contributed by atoms with E-state index in [0.29, 0.717) is 18.0 Å². The molecule has 2 amide bonds. The van der Waals surface area contributed by atoms with Crippen molar-refractivity contribution in [3.8, 4) is 5.75 Å². The van der Waals surface area contributed by atoms with Gasteiger partial charge in [0.1, 0.15) is 11.8 Å². The molecule has 1 heterocycles. The summed E-state index contributed by atoms with van der Waals surface area (Å²) >= 11 is 0. The number of amides is 2.